The van der Waals surface area contributed by atoms with Crippen LogP contribution in [0.5, 0.6) is 0 Å². The van der Waals surface area contributed by atoms with Crippen LogP contribution in [0.15, 0.2) is 18.2 Å². The quantitative estimate of drug-likeness (QED) is 0.720. The molecule has 0 aliphatic heterocycles. The molecule has 3 nitrogen and oxygen atoms in total. The van der Waals surface area contributed by atoms with E-state index in [9.17, 15) is 0 Å². The highest BCUT2D eigenvalue weighted by molar-refractivity contribution is 5.34. The molecule has 1 rings (SSSR count). The number of nitrogens with zero attached hydrogens (tertiary/aromatic N) is 1. The lowest BCUT2D eigenvalue weighted by molar-refractivity contribution is 0.132. The Bertz CT molecular complexity index is 300. The van der Waals surface area contributed by atoms with Crippen molar-refractivity contribution in [3.63, 3.8) is 0 Å². The molecular weight excluding hydrogens is 200 g/mol. The maximum absolute atomic E-state index is 5.51. The minimum Gasteiger partial charge on any atom is -0.380 e. The molecule has 1 aromatic rings. The summed E-state index contributed by atoms with van der Waals surface area (Å²) in [7, 11) is 0. The Morgan fingerprint density at radius 2 is 2.12 bits per heavy atom. The second-order valence-corrected chi connectivity index (χ2v) is 4.39. The molecule has 0 radical (unpaired) electrons. The maximum Gasteiger partial charge on any atom is 0.126 e. The standard InChI is InChI=1S/C13H22N2O/c1-11(2)7-9-16-10-8-14-13-6-4-5-12(3)15-13/h4-6,11H,7-10H2,1-3H3,(H,14,15). The first-order valence-corrected chi connectivity index (χ1v) is 5.94. The SMILES string of the molecule is Cc1cccc(NCCOCCC(C)C)n1. The van der Waals surface area contributed by atoms with Gasteiger partial charge in [-0.15, -0.1) is 0 Å². The first-order chi connectivity index (χ1) is 7.68. The number of aromatic nitrogens is 1. The molecule has 0 saturated carbocycles. The summed E-state index contributed by atoms with van der Waals surface area (Å²) >= 11 is 0. The molecule has 3 heteroatoms. The summed E-state index contributed by atoms with van der Waals surface area (Å²) in [5, 5.41) is 3.24. The molecular formula is C13H22N2O. The van der Waals surface area contributed by atoms with E-state index < -0.39 is 0 Å². The van der Waals surface area contributed by atoms with Gasteiger partial charge in [0.1, 0.15) is 5.82 Å². The van der Waals surface area contributed by atoms with Crippen LogP contribution < -0.4 is 5.32 Å². The smallest absolute Gasteiger partial charge is 0.126 e. The van der Waals surface area contributed by atoms with E-state index in [1.54, 1.807) is 0 Å². The van der Waals surface area contributed by atoms with E-state index in [-0.39, 0.29) is 0 Å². The van der Waals surface area contributed by atoms with Gasteiger partial charge in [-0.3, -0.25) is 0 Å². The number of hydrogen-bond acceptors (Lipinski definition) is 3. The van der Waals surface area contributed by atoms with Gasteiger partial charge in [-0.1, -0.05) is 19.9 Å². The number of pyridine rings is 1. The van der Waals surface area contributed by atoms with Gasteiger partial charge in [0, 0.05) is 18.8 Å². The predicted molar refractivity (Wildman–Crippen MR) is 67.7 cm³/mol. The Balaban J connectivity index is 2.07. The normalized spacial score (nSPS) is 10.8. The summed E-state index contributed by atoms with van der Waals surface area (Å²) in [5.41, 5.74) is 1.03. The van der Waals surface area contributed by atoms with Crippen molar-refractivity contribution in [1.82, 2.24) is 4.98 Å². The Kier molecular flexibility index (Phi) is 5.86. The molecule has 16 heavy (non-hydrogen) atoms. The van der Waals surface area contributed by atoms with Gasteiger partial charge in [0.05, 0.1) is 6.61 Å². The van der Waals surface area contributed by atoms with Crippen molar-refractivity contribution in [2.45, 2.75) is 27.2 Å². The average Bonchev–Trinajstić information content (AvgIpc) is 2.23. The number of aryl methyl sites for hydroxylation is 1. The molecule has 0 aliphatic rings. The fourth-order valence-corrected chi connectivity index (χ4v) is 1.31. The lowest BCUT2D eigenvalue weighted by Gasteiger charge is -2.08. The molecule has 90 valence electrons. The Morgan fingerprint density at radius 3 is 2.81 bits per heavy atom. The molecule has 0 spiro atoms. The van der Waals surface area contributed by atoms with Gasteiger partial charge >= 0.3 is 0 Å². The number of hydrogen-bond donors (Lipinski definition) is 1. The fraction of sp³-hybridized carbons (Fsp3) is 0.615. The van der Waals surface area contributed by atoms with Gasteiger partial charge in [0.15, 0.2) is 0 Å². The highest BCUT2D eigenvalue weighted by Crippen LogP contribution is 2.03. The van der Waals surface area contributed by atoms with Crippen molar-refractivity contribution in [2.75, 3.05) is 25.1 Å². The predicted octanol–water partition coefficient (Wildman–Crippen LogP) is 2.86. The fourth-order valence-electron chi connectivity index (χ4n) is 1.31. The average molecular weight is 222 g/mol. The molecule has 1 N–H and O–H groups in total. The maximum atomic E-state index is 5.51. The van der Waals surface area contributed by atoms with Gasteiger partial charge in [0.25, 0.3) is 0 Å². The van der Waals surface area contributed by atoms with Crippen LogP contribution in [0.3, 0.4) is 0 Å². The number of ether oxygens (including phenoxy) is 1. The number of rotatable bonds is 7. The topological polar surface area (TPSA) is 34.1 Å². The van der Waals surface area contributed by atoms with Gasteiger partial charge in [-0.05, 0) is 31.4 Å². The molecule has 0 saturated heterocycles. The van der Waals surface area contributed by atoms with Crippen molar-refractivity contribution < 1.29 is 4.74 Å². The van der Waals surface area contributed by atoms with E-state index in [2.05, 4.69) is 24.1 Å². The van der Waals surface area contributed by atoms with Gasteiger partial charge < -0.3 is 10.1 Å². The summed E-state index contributed by atoms with van der Waals surface area (Å²) in [5.74, 6) is 1.64. The van der Waals surface area contributed by atoms with E-state index in [4.69, 9.17) is 4.74 Å². The summed E-state index contributed by atoms with van der Waals surface area (Å²) in [6.07, 6.45) is 1.13. The lowest BCUT2D eigenvalue weighted by atomic mass is 10.1. The van der Waals surface area contributed by atoms with Crippen LogP contribution in [0.25, 0.3) is 0 Å². The largest absolute Gasteiger partial charge is 0.380 e. The van der Waals surface area contributed by atoms with Crippen molar-refractivity contribution in [2.24, 2.45) is 5.92 Å². The molecule has 0 aromatic carbocycles. The lowest BCUT2D eigenvalue weighted by Crippen LogP contribution is -2.11. The van der Waals surface area contributed by atoms with Crippen molar-refractivity contribution in [3.8, 4) is 0 Å². The first kappa shape index (κ1) is 13.0. The molecule has 0 aliphatic carbocycles. The summed E-state index contributed by atoms with van der Waals surface area (Å²) in [6.45, 7) is 8.80. The van der Waals surface area contributed by atoms with E-state index in [0.29, 0.717) is 5.92 Å². The van der Waals surface area contributed by atoms with Crippen LogP contribution >= 0.6 is 0 Å². The molecule has 0 amide bonds. The number of nitrogens with one attached hydrogen (secondary N) is 1. The Hall–Kier alpha value is -1.09. The Morgan fingerprint density at radius 1 is 1.31 bits per heavy atom. The van der Waals surface area contributed by atoms with Gasteiger partial charge in [-0.2, -0.15) is 0 Å². The zero-order chi connectivity index (χ0) is 11.8. The summed E-state index contributed by atoms with van der Waals surface area (Å²) in [6, 6.07) is 5.97. The van der Waals surface area contributed by atoms with Crippen LogP contribution in [0.2, 0.25) is 0 Å². The molecule has 0 unspecified atom stereocenters. The molecule has 1 heterocycles. The van der Waals surface area contributed by atoms with E-state index in [1.165, 1.54) is 0 Å². The van der Waals surface area contributed by atoms with Crippen molar-refractivity contribution in [1.29, 1.82) is 0 Å². The molecule has 1 aromatic heterocycles. The van der Waals surface area contributed by atoms with Crippen LogP contribution in [0.4, 0.5) is 5.82 Å². The first-order valence-electron chi connectivity index (χ1n) is 5.94. The summed E-state index contributed by atoms with van der Waals surface area (Å²) in [4.78, 5) is 4.35. The monoisotopic (exact) mass is 222 g/mol. The molecule has 0 fully saturated rings. The zero-order valence-electron chi connectivity index (χ0n) is 10.5. The molecule has 0 bridgehead atoms. The third kappa shape index (κ3) is 5.71. The second kappa shape index (κ2) is 7.23. The van der Waals surface area contributed by atoms with Crippen molar-refractivity contribution in [3.05, 3.63) is 23.9 Å². The Labute approximate surface area is 98.2 Å². The number of anilines is 1. The van der Waals surface area contributed by atoms with Gasteiger partial charge in [-0.25, -0.2) is 4.98 Å². The summed E-state index contributed by atoms with van der Waals surface area (Å²) < 4.78 is 5.51. The minimum atomic E-state index is 0.714. The highest BCUT2D eigenvalue weighted by atomic mass is 16.5. The van der Waals surface area contributed by atoms with Crippen LogP contribution in [0.1, 0.15) is 26.0 Å². The minimum absolute atomic E-state index is 0.714. The van der Waals surface area contributed by atoms with Crippen LogP contribution in [0, 0.1) is 12.8 Å². The third-order valence-corrected chi connectivity index (χ3v) is 2.28. The third-order valence-electron chi connectivity index (χ3n) is 2.28. The second-order valence-electron chi connectivity index (χ2n) is 4.39. The van der Waals surface area contributed by atoms with Crippen molar-refractivity contribution >= 4 is 5.82 Å². The highest BCUT2D eigenvalue weighted by Gasteiger charge is 1.95. The van der Waals surface area contributed by atoms with E-state index in [1.807, 2.05) is 25.1 Å². The van der Waals surface area contributed by atoms with E-state index >= 15 is 0 Å². The van der Waals surface area contributed by atoms with Crippen LogP contribution in [-0.4, -0.2) is 24.7 Å². The van der Waals surface area contributed by atoms with Crippen LogP contribution in [-0.2, 0) is 4.74 Å². The zero-order valence-corrected chi connectivity index (χ0v) is 10.5. The van der Waals surface area contributed by atoms with Gasteiger partial charge in [0.2, 0.25) is 0 Å². The molecule has 0 atom stereocenters. The van der Waals surface area contributed by atoms with E-state index in [0.717, 1.165) is 37.7 Å².